The Balaban J connectivity index is 3.02. The Bertz CT molecular complexity index is 271. The number of rotatable bonds is 2. The van der Waals surface area contributed by atoms with Crippen LogP contribution in [-0.2, 0) is 9.59 Å². The molecule has 1 rings (SSSR count). The molecule has 72 valence electrons. The van der Waals surface area contributed by atoms with Crippen molar-refractivity contribution in [3.8, 4) is 0 Å². The van der Waals surface area contributed by atoms with Gasteiger partial charge in [-0.25, -0.2) is 0 Å². The average molecular weight is 184 g/mol. The van der Waals surface area contributed by atoms with Crippen LogP contribution in [0.15, 0.2) is 11.1 Å². The van der Waals surface area contributed by atoms with Crippen molar-refractivity contribution >= 4 is 11.9 Å². The first-order chi connectivity index (χ1) is 5.90. The van der Waals surface area contributed by atoms with Crippen LogP contribution in [0, 0.1) is 5.41 Å². The van der Waals surface area contributed by atoms with Crippen LogP contribution >= 0.6 is 0 Å². The number of carboxylic acid groups (broad SMARTS) is 2. The lowest BCUT2D eigenvalue weighted by Gasteiger charge is -2.18. The largest absolute Gasteiger partial charge is 0.480 e. The molecule has 0 bridgehead atoms. The Hall–Kier alpha value is -1.32. The molecular formula is C9H12O4. The second-order valence-corrected chi connectivity index (χ2v) is 3.61. The van der Waals surface area contributed by atoms with E-state index in [1.807, 2.05) is 0 Å². The zero-order valence-corrected chi connectivity index (χ0v) is 7.63. The fraction of sp³-hybridized carbons (Fsp3) is 0.556. The van der Waals surface area contributed by atoms with Crippen molar-refractivity contribution in [2.75, 3.05) is 0 Å². The van der Waals surface area contributed by atoms with Gasteiger partial charge in [-0.1, -0.05) is 11.1 Å². The molecule has 0 fully saturated rings. The van der Waals surface area contributed by atoms with Gasteiger partial charge < -0.3 is 10.2 Å². The Morgan fingerprint density at radius 1 is 1.08 bits per heavy atom. The van der Waals surface area contributed by atoms with E-state index in [0.29, 0.717) is 0 Å². The van der Waals surface area contributed by atoms with Crippen LogP contribution in [0.5, 0.6) is 0 Å². The van der Waals surface area contributed by atoms with Crippen LogP contribution in [0.25, 0.3) is 0 Å². The van der Waals surface area contributed by atoms with Gasteiger partial charge in [0.05, 0.1) is 0 Å². The van der Waals surface area contributed by atoms with Crippen LogP contribution in [0.4, 0.5) is 0 Å². The molecule has 0 aromatic heterocycles. The van der Waals surface area contributed by atoms with E-state index < -0.39 is 17.4 Å². The van der Waals surface area contributed by atoms with Crippen LogP contribution < -0.4 is 0 Å². The van der Waals surface area contributed by atoms with Gasteiger partial charge in [-0.2, -0.15) is 0 Å². The van der Waals surface area contributed by atoms with Crippen molar-refractivity contribution in [1.29, 1.82) is 0 Å². The van der Waals surface area contributed by atoms with Gasteiger partial charge in [0.1, 0.15) is 0 Å². The number of hydrogen-bond donors (Lipinski definition) is 2. The van der Waals surface area contributed by atoms with Crippen molar-refractivity contribution in [1.82, 2.24) is 0 Å². The molecule has 4 nitrogen and oxygen atoms in total. The average Bonchev–Trinajstić information content (AvgIpc) is 2.29. The van der Waals surface area contributed by atoms with Crippen LogP contribution in [0.3, 0.4) is 0 Å². The summed E-state index contributed by atoms with van der Waals surface area (Å²) in [6.45, 7) is 3.56. The number of hydrogen-bond acceptors (Lipinski definition) is 2. The molecule has 0 atom stereocenters. The molecule has 0 spiro atoms. The topological polar surface area (TPSA) is 74.6 Å². The second-order valence-electron chi connectivity index (χ2n) is 3.61. The summed E-state index contributed by atoms with van der Waals surface area (Å²) in [5.74, 6) is -2.48. The van der Waals surface area contributed by atoms with Gasteiger partial charge in [-0.3, -0.25) is 9.59 Å². The minimum Gasteiger partial charge on any atom is -0.480 e. The Kier molecular flexibility index (Phi) is 2.15. The van der Waals surface area contributed by atoms with Gasteiger partial charge in [-0.15, -0.1) is 0 Å². The molecular weight excluding hydrogens is 172 g/mol. The highest BCUT2D eigenvalue weighted by atomic mass is 16.4. The molecule has 0 amide bonds. The van der Waals surface area contributed by atoms with Crippen molar-refractivity contribution < 1.29 is 19.8 Å². The summed E-state index contributed by atoms with van der Waals surface area (Å²) in [6.07, 6.45) is 0.257. The monoisotopic (exact) mass is 184 g/mol. The van der Waals surface area contributed by atoms with E-state index in [4.69, 9.17) is 10.2 Å². The lowest BCUT2D eigenvalue weighted by atomic mass is 9.84. The number of carboxylic acids is 2. The summed E-state index contributed by atoms with van der Waals surface area (Å²) in [5, 5.41) is 17.7. The summed E-state index contributed by atoms with van der Waals surface area (Å²) in [7, 11) is 0. The number of aliphatic carboxylic acids is 2. The van der Waals surface area contributed by atoms with Crippen LogP contribution in [-0.4, -0.2) is 22.2 Å². The highest BCUT2D eigenvalue weighted by Crippen LogP contribution is 2.42. The fourth-order valence-corrected chi connectivity index (χ4v) is 1.66. The van der Waals surface area contributed by atoms with Gasteiger partial charge in [0.2, 0.25) is 0 Å². The first-order valence-corrected chi connectivity index (χ1v) is 4.02. The van der Waals surface area contributed by atoms with Crippen molar-refractivity contribution in [2.45, 2.75) is 26.7 Å². The standard InChI is InChI=1S/C9H12O4/c1-5-3-9(7(10)11,8(12)13)4-6(5)2/h3-4H2,1-2H3,(H,10,11)(H,12,13). The normalized spacial score (nSPS) is 20.5. The maximum atomic E-state index is 10.8. The maximum absolute atomic E-state index is 10.8. The van der Waals surface area contributed by atoms with Gasteiger partial charge >= 0.3 is 11.9 Å². The molecule has 0 radical (unpaired) electrons. The number of allylic oxidation sites excluding steroid dienone is 2. The molecule has 4 heteroatoms. The van der Waals surface area contributed by atoms with E-state index >= 15 is 0 Å². The maximum Gasteiger partial charge on any atom is 0.321 e. The first kappa shape index (κ1) is 9.77. The molecule has 1 aliphatic carbocycles. The molecule has 0 saturated heterocycles. The van der Waals surface area contributed by atoms with E-state index in [0.717, 1.165) is 11.1 Å². The summed E-state index contributed by atoms with van der Waals surface area (Å²) in [4.78, 5) is 21.7. The molecule has 0 aromatic rings. The molecule has 0 saturated carbocycles. The molecule has 0 aliphatic heterocycles. The zero-order valence-electron chi connectivity index (χ0n) is 7.63. The van der Waals surface area contributed by atoms with Gasteiger partial charge in [0.25, 0.3) is 0 Å². The smallest absolute Gasteiger partial charge is 0.321 e. The third-order valence-corrected chi connectivity index (χ3v) is 2.68. The SMILES string of the molecule is CC1=C(C)CC(C(=O)O)(C(=O)O)C1. The Morgan fingerprint density at radius 2 is 1.38 bits per heavy atom. The number of carbonyl (C=O) groups is 2. The quantitative estimate of drug-likeness (QED) is 0.500. The lowest BCUT2D eigenvalue weighted by molar-refractivity contribution is -0.163. The predicted molar refractivity (Wildman–Crippen MR) is 45.3 cm³/mol. The molecule has 13 heavy (non-hydrogen) atoms. The fourth-order valence-electron chi connectivity index (χ4n) is 1.66. The molecule has 1 aliphatic rings. The van der Waals surface area contributed by atoms with Crippen LogP contribution in [0.2, 0.25) is 0 Å². The predicted octanol–water partition coefficient (Wildman–Crippen LogP) is 1.27. The van der Waals surface area contributed by atoms with Crippen LogP contribution in [0.1, 0.15) is 26.7 Å². The molecule has 0 aromatic carbocycles. The summed E-state index contributed by atoms with van der Waals surface area (Å²) in [5.41, 5.74) is 0.156. The van der Waals surface area contributed by atoms with E-state index in [1.165, 1.54) is 0 Å². The minimum absolute atomic E-state index is 0.128. The molecule has 2 N–H and O–H groups in total. The van der Waals surface area contributed by atoms with E-state index in [1.54, 1.807) is 13.8 Å². The zero-order chi connectivity index (χ0) is 10.2. The minimum atomic E-state index is -1.60. The van der Waals surface area contributed by atoms with Gasteiger partial charge in [0.15, 0.2) is 5.41 Å². The van der Waals surface area contributed by atoms with Crippen molar-refractivity contribution in [3.05, 3.63) is 11.1 Å². The third-order valence-electron chi connectivity index (χ3n) is 2.68. The third kappa shape index (κ3) is 1.32. The van der Waals surface area contributed by atoms with Gasteiger partial charge in [0, 0.05) is 0 Å². The van der Waals surface area contributed by atoms with E-state index in [-0.39, 0.29) is 12.8 Å². The highest BCUT2D eigenvalue weighted by molar-refractivity contribution is 5.99. The first-order valence-electron chi connectivity index (χ1n) is 4.02. The van der Waals surface area contributed by atoms with E-state index in [9.17, 15) is 9.59 Å². The summed E-state index contributed by atoms with van der Waals surface area (Å²) in [6, 6.07) is 0. The Labute approximate surface area is 75.9 Å². The lowest BCUT2D eigenvalue weighted by Crippen LogP contribution is -2.37. The molecule has 0 unspecified atom stereocenters. The summed E-state index contributed by atoms with van der Waals surface area (Å²) < 4.78 is 0. The summed E-state index contributed by atoms with van der Waals surface area (Å²) >= 11 is 0. The highest BCUT2D eigenvalue weighted by Gasteiger charge is 2.50. The van der Waals surface area contributed by atoms with Crippen molar-refractivity contribution in [3.63, 3.8) is 0 Å². The van der Waals surface area contributed by atoms with Gasteiger partial charge in [-0.05, 0) is 26.7 Å². The molecule has 0 heterocycles. The van der Waals surface area contributed by atoms with Crippen molar-refractivity contribution in [2.24, 2.45) is 5.41 Å². The Morgan fingerprint density at radius 3 is 1.54 bits per heavy atom. The second kappa shape index (κ2) is 2.87. The van der Waals surface area contributed by atoms with E-state index in [2.05, 4.69) is 0 Å².